The van der Waals surface area contributed by atoms with E-state index < -0.39 is 11.6 Å². The van der Waals surface area contributed by atoms with Gasteiger partial charge in [-0.2, -0.15) is 0 Å². The van der Waals surface area contributed by atoms with E-state index in [4.69, 9.17) is 4.74 Å². The molecule has 0 amide bonds. The molecule has 1 fully saturated rings. The van der Waals surface area contributed by atoms with E-state index in [1.807, 2.05) is 0 Å². The van der Waals surface area contributed by atoms with Gasteiger partial charge in [-0.05, 0) is 18.2 Å². The number of rotatable bonds is 2. The molecular formula is C12H13F2NO. The van der Waals surface area contributed by atoms with Crippen LogP contribution in [-0.4, -0.2) is 25.8 Å². The second-order valence-electron chi connectivity index (χ2n) is 3.66. The number of ether oxygens (including phenoxy) is 1. The molecule has 1 aliphatic rings. The summed E-state index contributed by atoms with van der Waals surface area (Å²) in [7, 11) is 0. The molecule has 1 aromatic rings. The van der Waals surface area contributed by atoms with Crippen LogP contribution in [0, 0.1) is 11.6 Å². The van der Waals surface area contributed by atoms with Crippen molar-refractivity contribution in [3.05, 3.63) is 41.5 Å². The molecule has 2 nitrogen and oxygen atoms in total. The smallest absolute Gasteiger partial charge is 0.130 e. The normalized spacial score (nSPS) is 21.5. The van der Waals surface area contributed by atoms with Gasteiger partial charge in [0, 0.05) is 18.2 Å². The van der Waals surface area contributed by atoms with Gasteiger partial charge in [-0.15, -0.1) is 0 Å². The van der Waals surface area contributed by atoms with Crippen LogP contribution in [0.5, 0.6) is 0 Å². The standard InChI is InChI=1S/C12H13F2NO/c13-10-2-4-12(14)9(7-10)1-3-11-8-16-6-5-15-11/h1-4,7,11,15H,5-6,8H2/b3-1+. The Bertz CT molecular complexity index is 387. The lowest BCUT2D eigenvalue weighted by molar-refractivity contribution is 0.0903. The first-order valence-corrected chi connectivity index (χ1v) is 5.20. The highest BCUT2D eigenvalue weighted by molar-refractivity contribution is 5.50. The first-order chi connectivity index (χ1) is 7.75. The van der Waals surface area contributed by atoms with Crippen LogP contribution in [-0.2, 0) is 4.74 Å². The van der Waals surface area contributed by atoms with Crippen LogP contribution < -0.4 is 5.32 Å². The van der Waals surface area contributed by atoms with Crippen LogP contribution in [0.3, 0.4) is 0 Å². The van der Waals surface area contributed by atoms with Gasteiger partial charge in [-0.1, -0.05) is 12.2 Å². The van der Waals surface area contributed by atoms with E-state index in [0.717, 1.165) is 18.7 Å². The van der Waals surface area contributed by atoms with Gasteiger partial charge in [0.15, 0.2) is 0 Å². The molecule has 2 rings (SSSR count). The van der Waals surface area contributed by atoms with Crippen molar-refractivity contribution in [2.75, 3.05) is 19.8 Å². The quantitative estimate of drug-likeness (QED) is 0.830. The minimum Gasteiger partial charge on any atom is -0.378 e. The van der Waals surface area contributed by atoms with E-state index in [9.17, 15) is 8.78 Å². The molecule has 0 aromatic heterocycles. The molecule has 4 heteroatoms. The van der Waals surface area contributed by atoms with Crippen LogP contribution in [0.25, 0.3) is 6.08 Å². The van der Waals surface area contributed by atoms with Crippen LogP contribution in [0.15, 0.2) is 24.3 Å². The predicted octanol–water partition coefficient (Wildman–Crippen LogP) is 1.97. The summed E-state index contributed by atoms with van der Waals surface area (Å²) in [5, 5.41) is 3.20. The summed E-state index contributed by atoms with van der Waals surface area (Å²) >= 11 is 0. The minimum atomic E-state index is -0.436. The molecule has 0 aliphatic carbocycles. The number of nitrogens with one attached hydrogen (secondary N) is 1. The SMILES string of the molecule is Fc1ccc(F)c(/C=C/C2COCCN2)c1. The van der Waals surface area contributed by atoms with Crippen molar-refractivity contribution in [3.63, 3.8) is 0 Å². The summed E-state index contributed by atoms with van der Waals surface area (Å²) in [6, 6.07) is 3.47. The Morgan fingerprint density at radius 1 is 1.38 bits per heavy atom. The largest absolute Gasteiger partial charge is 0.378 e. The maximum absolute atomic E-state index is 13.3. The monoisotopic (exact) mass is 225 g/mol. The molecule has 1 aliphatic heterocycles. The lowest BCUT2D eigenvalue weighted by atomic mass is 10.1. The summed E-state index contributed by atoms with van der Waals surface area (Å²) in [5.41, 5.74) is 0.257. The summed E-state index contributed by atoms with van der Waals surface area (Å²) in [4.78, 5) is 0. The van der Waals surface area contributed by atoms with Gasteiger partial charge in [0.2, 0.25) is 0 Å². The van der Waals surface area contributed by atoms with Gasteiger partial charge in [0.05, 0.1) is 13.2 Å². The van der Waals surface area contributed by atoms with Crippen molar-refractivity contribution < 1.29 is 13.5 Å². The summed E-state index contributed by atoms with van der Waals surface area (Å²) < 4.78 is 31.4. The van der Waals surface area contributed by atoms with E-state index in [-0.39, 0.29) is 11.6 Å². The molecule has 0 spiro atoms. The average Bonchev–Trinajstić information content (AvgIpc) is 2.32. The molecule has 1 aromatic carbocycles. The fraction of sp³-hybridized carbons (Fsp3) is 0.333. The maximum atomic E-state index is 13.3. The molecule has 1 heterocycles. The predicted molar refractivity (Wildman–Crippen MR) is 58.0 cm³/mol. The molecule has 16 heavy (non-hydrogen) atoms. The first-order valence-electron chi connectivity index (χ1n) is 5.20. The minimum absolute atomic E-state index is 0.0661. The molecule has 1 unspecified atom stereocenters. The lowest BCUT2D eigenvalue weighted by Crippen LogP contribution is -2.39. The highest BCUT2D eigenvalue weighted by Crippen LogP contribution is 2.12. The van der Waals surface area contributed by atoms with Crippen LogP contribution in [0.4, 0.5) is 8.78 Å². The number of halogens is 2. The molecular weight excluding hydrogens is 212 g/mol. The summed E-state index contributed by atoms with van der Waals surface area (Å²) in [6.45, 7) is 2.03. The van der Waals surface area contributed by atoms with E-state index in [1.54, 1.807) is 12.2 Å². The topological polar surface area (TPSA) is 21.3 Å². The van der Waals surface area contributed by atoms with Crippen LogP contribution in [0.1, 0.15) is 5.56 Å². The van der Waals surface area contributed by atoms with Gasteiger partial charge in [-0.3, -0.25) is 0 Å². The Balaban J connectivity index is 2.07. The van der Waals surface area contributed by atoms with Crippen molar-refractivity contribution in [2.45, 2.75) is 6.04 Å². The fourth-order valence-corrected chi connectivity index (χ4v) is 1.57. The second-order valence-corrected chi connectivity index (χ2v) is 3.66. The Hall–Kier alpha value is -1.26. The number of benzene rings is 1. The zero-order valence-corrected chi connectivity index (χ0v) is 8.75. The van der Waals surface area contributed by atoms with Crippen molar-refractivity contribution in [2.24, 2.45) is 0 Å². The summed E-state index contributed by atoms with van der Waals surface area (Å²) in [5.74, 6) is -0.858. The molecule has 86 valence electrons. The van der Waals surface area contributed by atoms with Crippen LogP contribution >= 0.6 is 0 Å². The number of hydrogen-bond acceptors (Lipinski definition) is 2. The molecule has 0 bridgehead atoms. The van der Waals surface area contributed by atoms with Gasteiger partial charge >= 0.3 is 0 Å². The summed E-state index contributed by atoms with van der Waals surface area (Å²) in [6.07, 6.45) is 3.36. The third-order valence-electron chi connectivity index (χ3n) is 2.42. The maximum Gasteiger partial charge on any atom is 0.130 e. The van der Waals surface area contributed by atoms with Crippen LogP contribution in [0.2, 0.25) is 0 Å². The molecule has 1 atom stereocenters. The molecule has 1 saturated heterocycles. The molecule has 0 radical (unpaired) electrons. The lowest BCUT2D eigenvalue weighted by Gasteiger charge is -2.20. The Morgan fingerprint density at radius 3 is 3.00 bits per heavy atom. The highest BCUT2D eigenvalue weighted by Gasteiger charge is 2.09. The highest BCUT2D eigenvalue weighted by atomic mass is 19.1. The van der Waals surface area contributed by atoms with Gasteiger partial charge in [0.1, 0.15) is 11.6 Å². The molecule has 1 N–H and O–H groups in total. The van der Waals surface area contributed by atoms with Gasteiger partial charge in [-0.25, -0.2) is 8.78 Å². The third kappa shape index (κ3) is 2.87. The second kappa shape index (κ2) is 5.18. The third-order valence-corrected chi connectivity index (χ3v) is 2.42. The zero-order chi connectivity index (χ0) is 11.4. The van der Waals surface area contributed by atoms with Gasteiger partial charge < -0.3 is 10.1 Å². The average molecular weight is 225 g/mol. The van der Waals surface area contributed by atoms with E-state index in [0.29, 0.717) is 13.2 Å². The number of morpholine rings is 1. The fourth-order valence-electron chi connectivity index (χ4n) is 1.57. The Morgan fingerprint density at radius 2 is 2.25 bits per heavy atom. The van der Waals surface area contributed by atoms with Crippen molar-refractivity contribution in [1.29, 1.82) is 0 Å². The Kier molecular flexibility index (Phi) is 3.64. The molecule has 0 saturated carbocycles. The Labute approximate surface area is 92.9 Å². The first kappa shape index (κ1) is 11.2. The van der Waals surface area contributed by atoms with Crippen molar-refractivity contribution in [1.82, 2.24) is 5.32 Å². The number of hydrogen-bond donors (Lipinski definition) is 1. The van der Waals surface area contributed by atoms with Gasteiger partial charge in [0.25, 0.3) is 0 Å². The van der Waals surface area contributed by atoms with Crippen molar-refractivity contribution >= 4 is 6.08 Å². The van der Waals surface area contributed by atoms with E-state index >= 15 is 0 Å². The zero-order valence-electron chi connectivity index (χ0n) is 8.75. The van der Waals surface area contributed by atoms with E-state index in [1.165, 1.54) is 6.07 Å². The van der Waals surface area contributed by atoms with Crippen molar-refractivity contribution in [3.8, 4) is 0 Å². The van der Waals surface area contributed by atoms with E-state index in [2.05, 4.69) is 5.32 Å².